The van der Waals surface area contributed by atoms with Crippen molar-refractivity contribution >= 4 is 17.3 Å². The highest BCUT2D eigenvalue weighted by atomic mass is 16.6. The number of carbonyl (C=O) groups excluding carboxylic acids is 1. The number of anilines is 1. The Hall–Kier alpha value is -2.15. The summed E-state index contributed by atoms with van der Waals surface area (Å²) in [6, 6.07) is 4.29. The Labute approximate surface area is 117 Å². The van der Waals surface area contributed by atoms with Gasteiger partial charge in [0.25, 0.3) is 11.6 Å². The molecule has 0 aliphatic carbocycles. The van der Waals surface area contributed by atoms with Gasteiger partial charge in [-0.15, -0.1) is 0 Å². The van der Waals surface area contributed by atoms with Crippen molar-refractivity contribution in [2.24, 2.45) is 5.73 Å². The van der Waals surface area contributed by atoms with Crippen LogP contribution in [0, 0.1) is 10.1 Å². The lowest BCUT2D eigenvalue weighted by molar-refractivity contribution is -0.385. The Morgan fingerprint density at radius 2 is 2.05 bits per heavy atom. The van der Waals surface area contributed by atoms with Gasteiger partial charge in [0.1, 0.15) is 5.56 Å². The van der Waals surface area contributed by atoms with Gasteiger partial charge in [0, 0.05) is 24.8 Å². The maximum atomic E-state index is 11.2. The van der Waals surface area contributed by atoms with Gasteiger partial charge in [0.2, 0.25) is 0 Å². The standard InChI is InChI=1S/C13H20N4O3/c1-3-16(4-2)8-7-15-10-5-6-12(17(19)20)11(9-10)13(14)18/h5-6,9,15H,3-4,7-8H2,1-2H3,(H2,14,18). The molecule has 20 heavy (non-hydrogen) atoms. The van der Waals surface area contributed by atoms with Crippen LogP contribution in [-0.2, 0) is 0 Å². The third-order valence-electron chi connectivity index (χ3n) is 3.11. The Morgan fingerprint density at radius 3 is 2.55 bits per heavy atom. The molecule has 0 aliphatic heterocycles. The Kier molecular flexibility index (Phi) is 5.92. The van der Waals surface area contributed by atoms with E-state index in [9.17, 15) is 14.9 Å². The smallest absolute Gasteiger partial charge is 0.282 e. The molecule has 1 rings (SSSR count). The van der Waals surface area contributed by atoms with Gasteiger partial charge in [-0.1, -0.05) is 13.8 Å². The van der Waals surface area contributed by atoms with E-state index in [2.05, 4.69) is 24.1 Å². The molecule has 110 valence electrons. The van der Waals surface area contributed by atoms with Crippen molar-refractivity contribution in [3.05, 3.63) is 33.9 Å². The lowest BCUT2D eigenvalue weighted by atomic mass is 10.1. The van der Waals surface area contributed by atoms with E-state index < -0.39 is 10.8 Å². The zero-order chi connectivity index (χ0) is 15.1. The van der Waals surface area contributed by atoms with E-state index in [0.717, 1.165) is 19.6 Å². The number of nitrogens with zero attached hydrogens (tertiary/aromatic N) is 2. The van der Waals surface area contributed by atoms with Crippen LogP contribution in [0.2, 0.25) is 0 Å². The fraction of sp³-hybridized carbons (Fsp3) is 0.462. The topological polar surface area (TPSA) is 102 Å². The highest BCUT2D eigenvalue weighted by Crippen LogP contribution is 2.22. The van der Waals surface area contributed by atoms with Crippen molar-refractivity contribution in [3.63, 3.8) is 0 Å². The van der Waals surface area contributed by atoms with Crippen LogP contribution < -0.4 is 11.1 Å². The molecule has 0 aliphatic rings. The van der Waals surface area contributed by atoms with Crippen molar-refractivity contribution in [3.8, 4) is 0 Å². The Balaban J connectivity index is 2.75. The molecule has 0 heterocycles. The van der Waals surface area contributed by atoms with E-state index in [1.54, 1.807) is 6.07 Å². The largest absolute Gasteiger partial charge is 0.384 e. The Morgan fingerprint density at radius 1 is 1.40 bits per heavy atom. The predicted molar refractivity (Wildman–Crippen MR) is 77.9 cm³/mol. The summed E-state index contributed by atoms with van der Waals surface area (Å²) in [6.07, 6.45) is 0. The molecule has 0 saturated carbocycles. The summed E-state index contributed by atoms with van der Waals surface area (Å²) in [5, 5.41) is 13.9. The summed E-state index contributed by atoms with van der Waals surface area (Å²) in [7, 11) is 0. The summed E-state index contributed by atoms with van der Waals surface area (Å²) in [5.41, 5.74) is 5.46. The SMILES string of the molecule is CCN(CC)CCNc1ccc([N+](=O)[O-])c(C(N)=O)c1. The van der Waals surface area contributed by atoms with E-state index in [1.807, 2.05) is 0 Å². The normalized spacial score (nSPS) is 10.6. The first-order valence-electron chi connectivity index (χ1n) is 6.54. The minimum Gasteiger partial charge on any atom is -0.384 e. The first-order chi connectivity index (χ1) is 9.49. The second-order valence-corrected chi connectivity index (χ2v) is 4.31. The van der Waals surface area contributed by atoms with Crippen molar-refractivity contribution < 1.29 is 9.72 Å². The van der Waals surface area contributed by atoms with Gasteiger partial charge in [-0.2, -0.15) is 0 Å². The quantitative estimate of drug-likeness (QED) is 0.554. The number of hydrogen-bond donors (Lipinski definition) is 2. The number of nitrogens with one attached hydrogen (secondary N) is 1. The molecule has 0 bridgehead atoms. The van der Waals surface area contributed by atoms with E-state index in [1.165, 1.54) is 12.1 Å². The first-order valence-corrected chi connectivity index (χ1v) is 6.54. The van der Waals surface area contributed by atoms with Crippen LogP contribution in [0.5, 0.6) is 0 Å². The number of nitro groups is 1. The third kappa shape index (κ3) is 4.20. The Bertz CT molecular complexity index is 487. The fourth-order valence-corrected chi connectivity index (χ4v) is 1.90. The zero-order valence-electron chi connectivity index (χ0n) is 11.8. The average molecular weight is 280 g/mol. The van der Waals surface area contributed by atoms with E-state index in [4.69, 9.17) is 5.73 Å². The number of amides is 1. The predicted octanol–water partition coefficient (Wildman–Crippen LogP) is 1.45. The lowest BCUT2D eigenvalue weighted by Crippen LogP contribution is -2.28. The minimum absolute atomic E-state index is 0.0807. The molecule has 0 atom stereocenters. The zero-order valence-corrected chi connectivity index (χ0v) is 11.8. The van der Waals surface area contributed by atoms with Gasteiger partial charge in [-0.25, -0.2) is 0 Å². The highest BCUT2D eigenvalue weighted by Gasteiger charge is 2.18. The minimum atomic E-state index is -0.802. The molecule has 1 aromatic carbocycles. The van der Waals surface area contributed by atoms with Crippen molar-refractivity contribution in [1.29, 1.82) is 0 Å². The van der Waals surface area contributed by atoms with Gasteiger partial charge in [0.15, 0.2) is 0 Å². The van der Waals surface area contributed by atoms with Gasteiger partial charge in [-0.05, 0) is 25.2 Å². The molecule has 0 radical (unpaired) electrons. The summed E-state index contributed by atoms with van der Waals surface area (Å²) in [4.78, 5) is 23.7. The first kappa shape index (κ1) is 15.9. The molecule has 1 amide bonds. The molecule has 3 N–H and O–H groups in total. The number of primary amides is 1. The van der Waals surface area contributed by atoms with E-state index >= 15 is 0 Å². The van der Waals surface area contributed by atoms with Crippen LogP contribution in [0.1, 0.15) is 24.2 Å². The van der Waals surface area contributed by atoms with Gasteiger partial charge >= 0.3 is 0 Å². The van der Waals surface area contributed by atoms with E-state index in [0.29, 0.717) is 12.2 Å². The molecular formula is C13H20N4O3. The average Bonchev–Trinajstić information content (AvgIpc) is 2.43. The number of carbonyl (C=O) groups is 1. The molecular weight excluding hydrogens is 260 g/mol. The number of rotatable bonds is 8. The summed E-state index contributed by atoms with van der Waals surface area (Å²) < 4.78 is 0. The molecule has 7 nitrogen and oxygen atoms in total. The highest BCUT2D eigenvalue weighted by molar-refractivity contribution is 5.97. The van der Waals surface area contributed by atoms with Crippen LogP contribution in [0.15, 0.2) is 18.2 Å². The van der Waals surface area contributed by atoms with Gasteiger partial charge in [-0.3, -0.25) is 14.9 Å². The molecule has 0 spiro atoms. The maximum absolute atomic E-state index is 11.2. The van der Waals surface area contributed by atoms with Crippen LogP contribution in [-0.4, -0.2) is 41.9 Å². The number of nitrogens with two attached hydrogens (primary N) is 1. The molecule has 0 aromatic heterocycles. The van der Waals surface area contributed by atoms with Crippen LogP contribution in [0.4, 0.5) is 11.4 Å². The summed E-state index contributed by atoms with van der Waals surface area (Å²) in [6.45, 7) is 7.64. The molecule has 1 aromatic rings. The van der Waals surface area contributed by atoms with Crippen LogP contribution in [0.3, 0.4) is 0 Å². The monoisotopic (exact) mass is 280 g/mol. The summed E-state index contributed by atoms with van der Waals surface area (Å²) >= 11 is 0. The van der Waals surface area contributed by atoms with Crippen LogP contribution >= 0.6 is 0 Å². The molecule has 0 unspecified atom stereocenters. The van der Waals surface area contributed by atoms with Gasteiger partial charge in [0.05, 0.1) is 4.92 Å². The van der Waals surface area contributed by atoms with Crippen molar-refractivity contribution in [2.75, 3.05) is 31.5 Å². The maximum Gasteiger partial charge on any atom is 0.282 e. The fourth-order valence-electron chi connectivity index (χ4n) is 1.90. The van der Waals surface area contributed by atoms with E-state index in [-0.39, 0.29) is 11.3 Å². The number of benzene rings is 1. The number of likely N-dealkylation sites (N-methyl/N-ethyl adjacent to an activating group) is 1. The second-order valence-electron chi connectivity index (χ2n) is 4.31. The van der Waals surface area contributed by atoms with Crippen molar-refractivity contribution in [2.45, 2.75) is 13.8 Å². The number of nitro benzene ring substituents is 1. The lowest BCUT2D eigenvalue weighted by Gasteiger charge is -2.18. The third-order valence-corrected chi connectivity index (χ3v) is 3.11. The number of hydrogen-bond acceptors (Lipinski definition) is 5. The van der Waals surface area contributed by atoms with Gasteiger partial charge < -0.3 is 16.0 Å². The second kappa shape index (κ2) is 7.44. The molecule has 0 fully saturated rings. The molecule has 7 heteroatoms. The van der Waals surface area contributed by atoms with Crippen LogP contribution in [0.25, 0.3) is 0 Å². The van der Waals surface area contributed by atoms with Crippen molar-refractivity contribution in [1.82, 2.24) is 4.90 Å². The molecule has 0 saturated heterocycles. The summed E-state index contributed by atoms with van der Waals surface area (Å²) in [5.74, 6) is -0.802.